The van der Waals surface area contributed by atoms with Crippen molar-refractivity contribution in [1.82, 2.24) is 9.78 Å². The number of aryl methyl sites for hydroxylation is 1. The van der Waals surface area contributed by atoms with Gasteiger partial charge in [-0.1, -0.05) is 6.07 Å². The van der Waals surface area contributed by atoms with Crippen LogP contribution in [0.25, 0.3) is 5.69 Å². The quantitative estimate of drug-likeness (QED) is 0.929. The summed E-state index contributed by atoms with van der Waals surface area (Å²) in [5, 5.41) is 13.4. The Balaban J connectivity index is 2.17. The van der Waals surface area contributed by atoms with Crippen LogP contribution in [0.4, 0.5) is 0 Å². The Labute approximate surface area is 116 Å². The van der Waals surface area contributed by atoms with E-state index in [1.54, 1.807) is 17.9 Å². The van der Waals surface area contributed by atoms with E-state index in [1.165, 1.54) is 0 Å². The highest BCUT2D eigenvalue weighted by atomic mass is 16.5. The number of ether oxygens (including phenoxy) is 1. The summed E-state index contributed by atoms with van der Waals surface area (Å²) < 4.78 is 7.09. The van der Waals surface area contributed by atoms with Crippen molar-refractivity contribution in [3.8, 4) is 11.4 Å². The molecule has 0 unspecified atom stereocenters. The summed E-state index contributed by atoms with van der Waals surface area (Å²) in [5.41, 5.74) is 2.90. The summed E-state index contributed by atoms with van der Waals surface area (Å²) in [4.78, 5) is 11.2. The summed E-state index contributed by atoms with van der Waals surface area (Å²) in [7, 11) is 1.60. The van der Waals surface area contributed by atoms with Crippen LogP contribution in [0.3, 0.4) is 0 Å². The summed E-state index contributed by atoms with van der Waals surface area (Å²) in [5.74, 6) is 0.0932. The Morgan fingerprint density at radius 2 is 2.15 bits per heavy atom. The first-order valence-corrected chi connectivity index (χ1v) is 6.58. The fourth-order valence-electron chi connectivity index (χ4n) is 2.33. The van der Waals surface area contributed by atoms with Crippen molar-refractivity contribution in [3.05, 3.63) is 41.2 Å². The van der Waals surface area contributed by atoms with Gasteiger partial charge in [0.1, 0.15) is 11.4 Å². The van der Waals surface area contributed by atoms with Gasteiger partial charge in [0.05, 0.1) is 7.11 Å². The largest absolute Gasteiger partial charge is 0.494 e. The number of carbonyl (C=O) groups is 1. The minimum absolute atomic E-state index is 0.0791. The molecule has 1 heterocycles. The average molecular weight is 272 g/mol. The smallest absolute Gasteiger partial charge is 0.356 e. The zero-order valence-corrected chi connectivity index (χ0v) is 11.5. The van der Waals surface area contributed by atoms with Gasteiger partial charge in [-0.3, -0.25) is 0 Å². The Morgan fingerprint density at radius 1 is 1.40 bits per heavy atom. The van der Waals surface area contributed by atoms with Crippen LogP contribution in [0.1, 0.15) is 40.5 Å². The minimum atomic E-state index is -1.00. The van der Waals surface area contributed by atoms with Crippen LogP contribution in [0.15, 0.2) is 24.3 Å². The van der Waals surface area contributed by atoms with E-state index < -0.39 is 5.97 Å². The van der Waals surface area contributed by atoms with Gasteiger partial charge < -0.3 is 9.84 Å². The topological polar surface area (TPSA) is 64.4 Å². The summed E-state index contributed by atoms with van der Waals surface area (Å²) in [6, 6.07) is 7.47. The standard InChI is InChI=1S/C15H16N2O3/c1-9-3-6-14(20-2)13(7-9)17-12(10-4-5-10)8-11(16-17)15(18)19/h3,6-8,10H,4-5H2,1-2H3,(H,18,19). The lowest BCUT2D eigenvalue weighted by Gasteiger charge is -2.12. The molecule has 20 heavy (non-hydrogen) atoms. The molecule has 1 aromatic heterocycles. The van der Waals surface area contributed by atoms with Gasteiger partial charge in [-0.25, -0.2) is 9.48 Å². The maximum Gasteiger partial charge on any atom is 0.356 e. The first kappa shape index (κ1) is 12.7. The van der Waals surface area contributed by atoms with E-state index in [0.717, 1.165) is 29.8 Å². The first-order valence-electron chi connectivity index (χ1n) is 6.58. The summed E-state index contributed by atoms with van der Waals surface area (Å²) in [6.45, 7) is 1.99. The fraction of sp³-hybridized carbons (Fsp3) is 0.333. The number of aromatic carboxylic acids is 1. The zero-order valence-electron chi connectivity index (χ0n) is 11.5. The van der Waals surface area contributed by atoms with Gasteiger partial charge in [0.25, 0.3) is 0 Å². The van der Waals surface area contributed by atoms with Crippen LogP contribution in [-0.4, -0.2) is 28.0 Å². The Bertz CT molecular complexity index is 672. The van der Waals surface area contributed by atoms with Crippen LogP contribution in [0, 0.1) is 6.92 Å². The number of aromatic nitrogens is 2. The lowest BCUT2D eigenvalue weighted by molar-refractivity contribution is 0.0690. The molecule has 2 aromatic rings. The maximum absolute atomic E-state index is 11.2. The minimum Gasteiger partial charge on any atom is -0.494 e. The third-order valence-electron chi connectivity index (χ3n) is 3.51. The predicted octanol–water partition coefficient (Wildman–Crippen LogP) is 2.76. The van der Waals surface area contributed by atoms with Crippen LogP contribution < -0.4 is 4.74 Å². The number of methoxy groups -OCH3 is 1. The molecule has 0 spiro atoms. The lowest BCUT2D eigenvalue weighted by Crippen LogP contribution is -2.05. The number of rotatable bonds is 4. The average Bonchev–Trinajstić information content (AvgIpc) is 3.17. The highest BCUT2D eigenvalue weighted by Gasteiger charge is 2.30. The van der Waals surface area contributed by atoms with E-state index in [4.69, 9.17) is 9.84 Å². The van der Waals surface area contributed by atoms with Gasteiger partial charge in [0.2, 0.25) is 0 Å². The maximum atomic E-state index is 11.2. The van der Waals surface area contributed by atoms with Gasteiger partial charge in [-0.2, -0.15) is 5.10 Å². The van der Waals surface area contributed by atoms with Gasteiger partial charge in [-0.05, 0) is 43.5 Å². The molecule has 1 aliphatic carbocycles. The second kappa shape index (κ2) is 4.67. The van der Waals surface area contributed by atoms with Crippen LogP contribution in [-0.2, 0) is 0 Å². The Hall–Kier alpha value is -2.30. The molecule has 1 fully saturated rings. The third-order valence-corrected chi connectivity index (χ3v) is 3.51. The number of nitrogens with zero attached hydrogens (tertiary/aromatic N) is 2. The van der Waals surface area contributed by atoms with E-state index in [-0.39, 0.29) is 5.69 Å². The van der Waals surface area contributed by atoms with E-state index in [2.05, 4.69) is 5.10 Å². The molecular formula is C15H16N2O3. The molecule has 5 nitrogen and oxygen atoms in total. The Morgan fingerprint density at radius 3 is 2.75 bits per heavy atom. The van der Waals surface area contributed by atoms with Crippen molar-refractivity contribution in [2.45, 2.75) is 25.7 Å². The molecule has 1 aromatic carbocycles. The Kier molecular flexibility index (Phi) is 2.97. The number of hydrogen-bond donors (Lipinski definition) is 1. The fourth-order valence-corrected chi connectivity index (χ4v) is 2.33. The van der Waals surface area contributed by atoms with Crippen molar-refractivity contribution >= 4 is 5.97 Å². The SMILES string of the molecule is COc1ccc(C)cc1-n1nc(C(=O)O)cc1C1CC1. The third kappa shape index (κ3) is 2.15. The van der Waals surface area contributed by atoms with Crippen molar-refractivity contribution in [1.29, 1.82) is 0 Å². The molecular weight excluding hydrogens is 256 g/mol. The number of hydrogen-bond acceptors (Lipinski definition) is 3. The molecule has 3 rings (SSSR count). The molecule has 1 N–H and O–H groups in total. The van der Waals surface area contributed by atoms with E-state index in [9.17, 15) is 4.79 Å². The molecule has 0 bridgehead atoms. The highest BCUT2D eigenvalue weighted by Crippen LogP contribution is 2.42. The zero-order chi connectivity index (χ0) is 14.3. The number of benzene rings is 1. The van der Waals surface area contributed by atoms with E-state index in [1.807, 2.05) is 25.1 Å². The first-order chi connectivity index (χ1) is 9.60. The van der Waals surface area contributed by atoms with Crippen LogP contribution in [0.2, 0.25) is 0 Å². The molecule has 0 amide bonds. The molecule has 0 radical (unpaired) electrons. The summed E-state index contributed by atoms with van der Waals surface area (Å²) in [6.07, 6.45) is 2.16. The van der Waals surface area contributed by atoms with Crippen molar-refractivity contribution < 1.29 is 14.6 Å². The molecule has 1 aliphatic rings. The van der Waals surface area contributed by atoms with Crippen LogP contribution >= 0.6 is 0 Å². The summed E-state index contributed by atoms with van der Waals surface area (Å²) >= 11 is 0. The molecule has 1 saturated carbocycles. The highest BCUT2D eigenvalue weighted by molar-refractivity contribution is 5.85. The molecule has 0 saturated heterocycles. The van der Waals surface area contributed by atoms with Gasteiger partial charge >= 0.3 is 5.97 Å². The molecule has 0 aliphatic heterocycles. The van der Waals surface area contributed by atoms with Gasteiger partial charge in [0.15, 0.2) is 5.69 Å². The molecule has 5 heteroatoms. The van der Waals surface area contributed by atoms with Gasteiger partial charge in [-0.15, -0.1) is 0 Å². The second-order valence-corrected chi connectivity index (χ2v) is 5.12. The normalized spacial score (nSPS) is 14.3. The number of carboxylic acids is 1. The van der Waals surface area contributed by atoms with Crippen LogP contribution in [0.5, 0.6) is 5.75 Å². The number of carboxylic acid groups (broad SMARTS) is 1. The van der Waals surface area contributed by atoms with E-state index >= 15 is 0 Å². The van der Waals surface area contributed by atoms with Gasteiger partial charge in [0, 0.05) is 11.6 Å². The molecule has 0 atom stereocenters. The van der Waals surface area contributed by atoms with E-state index in [0.29, 0.717) is 11.7 Å². The van der Waals surface area contributed by atoms with Crippen molar-refractivity contribution in [3.63, 3.8) is 0 Å². The van der Waals surface area contributed by atoms with Crippen molar-refractivity contribution in [2.75, 3.05) is 7.11 Å². The second-order valence-electron chi connectivity index (χ2n) is 5.12. The monoisotopic (exact) mass is 272 g/mol. The predicted molar refractivity (Wildman–Crippen MR) is 73.8 cm³/mol. The lowest BCUT2D eigenvalue weighted by atomic mass is 10.2. The van der Waals surface area contributed by atoms with Crippen molar-refractivity contribution in [2.24, 2.45) is 0 Å². The molecule has 104 valence electrons.